The Morgan fingerprint density at radius 2 is 1.67 bits per heavy atom. The average molecular weight is 368 g/mol. The Bertz CT molecular complexity index is 742. The molecule has 144 valence electrons. The molecule has 1 N–H and O–H groups in total. The predicted molar refractivity (Wildman–Crippen MR) is 109 cm³/mol. The molecule has 0 unspecified atom stereocenters. The van der Waals surface area contributed by atoms with E-state index in [-0.39, 0.29) is 30.3 Å². The van der Waals surface area contributed by atoms with Crippen LogP contribution in [0.1, 0.15) is 31.7 Å². The lowest BCUT2D eigenvalue weighted by atomic mass is 9.86. The van der Waals surface area contributed by atoms with E-state index in [9.17, 15) is 9.59 Å². The Morgan fingerprint density at radius 1 is 1.04 bits per heavy atom. The molecule has 5 heteroatoms. The van der Waals surface area contributed by atoms with E-state index in [1.54, 1.807) is 0 Å². The standard InChI is InChI=1S/C22H28N2O3/c1-5-16(2)21(17-9-7-6-8-10-17)22(26)27-15-20(25)23-18-11-13-19(14-12-18)24(3)4/h6-14,16,21H,5,15H2,1-4H3,(H,23,25)/t16-,21+/m1/s1. The zero-order chi connectivity index (χ0) is 19.8. The molecule has 0 aromatic heterocycles. The molecule has 0 saturated carbocycles. The summed E-state index contributed by atoms with van der Waals surface area (Å²) in [6.45, 7) is 3.76. The maximum Gasteiger partial charge on any atom is 0.314 e. The third kappa shape index (κ3) is 5.84. The van der Waals surface area contributed by atoms with Crippen molar-refractivity contribution in [3.8, 4) is 0 Å². The summed E-state index contributed by atoms with van der Waals surface area (Å²) >= 11 is 0. The second-order valence-corrected chi connectivity index (χ2v) is 6.87. The number of hydrogen-bond donors (Lipinski definition) is 1. The fourth-order valence-corrected chi connectivity index (χ4v) is 2.86. The van der Waals surface area contributed by atoms with E-state index in [1.807, 2.05) is 87.4 Å². The van der Waals surface area contributed by atoms with Crippen LogP contribution in [-0.4, -0.2) is 32.6 Å². The number of rotatable bonds is 8. The summed E-state index contributed by atoms with van der Waals surface area (Å²) in [6, 6.07) is 17.0. The highest BCUT2D eigenvalue weighted by Gasteiger charge is 2.27. The van der Waals surface area contributed by atoms with E-state index < -0.39 is 0 Å². The van der Waals surface area contributed by atoms with Gasteiger partial charge < -0.3 is 15.0 Å². The molecule has 27 heavy (non-hydrogen) atoms. The number of hydrogen-bond acceptors (Lipinski definition) is 4. The lowest BCUT2D eigenvalue weighted by Gasteiger charge is -2.21. The third-order valence-electron chi connectivity index (χ3n) is 4.64. The van der Waals surface area contributed by atoms with Gasteiger partial charge in [-0.15, -0.1) is 0 Å². The minimum Gasteiger partial charge on any atom is -0.455 e. The molecular weight excluding hydrogens is 340 g/mol. The smallest absolute Gasteiger partial charge is 0.314 e. The number of carbonyl (C=O) groups excluding carboxylic acids is 2. The predicted octanol–water partition coefficient (Wildman–Crippen LogP) is 4.06. The minimum absolute atomic E-state index is 0.126. The van der Waals surface area contributed by atoms with Crippen LogP contribution in [0.15, 0.2) is 54.6 Å². The van der Waals surface area contributed by atoms with Crippen LogP contribution in [0.3, 0.4) is 0 Å². The van der Waals surface area contributed by atoms with Gasteiger partial charge in [0.05, 0.1) is 5.92 Å². The fourth-order valence-electron chi connectivity index (χ4n) is 2.86. The summed E-state index contributed by atoms with van der Waals surface area (Å²) in [5, 5.41) is 2.75. The highest BCUT2D eigenvalue weighted by molar-refractivity contribution is 5.93. The van der Waals surface area contributed by atoms with Crippen LogP contribution in [0.5, 0.6) is 0 Å². The molecule has 0 aliphatic rings. The van der Waals surface area contributed by atoms with Gasteiger partial charge in [0.2, 0.25) is 0 Å². The Kier molecular flexibility index (Phi) is 7.41. The Balaban J connectivity index is 1.95. The van der Waals surface area contributed by atoms with Crippen LogP contribution in [0, 0.1) is 5.92 Å². The maximum absolute atomic E-state index is 12.6. The Hall–Kier alpha value is -2.82. The van der Waals surface area contributed by atoms with Crippen molar-refractivity contribution in [2.45, 2.75) is 26.2 Å². The normalized spacial score (nSPS) is 12.7. The SMILES string of the molecule is CC[C@@H](C)[C@H](C(=O)OCC(=O)Nc1ccc(N(C)C)cc1)c1ccccc1. The van der Waals surface area contributed by atoms with Crippen molar-refractivity contribution in [2.75, 3.05) is 30.9 Å². The summed E-state index contributed by atoms with van der Waals surface area (Å²) in [6.07, 6.45) is 0.846. The van der Waals surface area contributed by atoms with Crippen molar-refractivity contribution < 1.29 is 14.3 Å². The molecule has 0 bridgehead atoms. The maximum atomic E-state index is 12.6. The molecule has 2 rings (SSSR count). The zero-order valence-corrected chi connectivity index (χ0v) is 16.4. The number of nitrogens with one attached hydrogen (secondary N) is 1. The van der Waals surface area contributed by atoms with Gasteiger partial charge in [0, 0.05) is 25.5 Å². The van der Waals surface area contributed by atoms with Crippen molar-refractivity contribution in [3.05, 3.63) is 60.2 Å². The van der Waals surface area contributed by atoms with E-state index >= 15 is 0 Å². The molecule has 0 heterocycles. The number of anilines is 2. The fraction of sp³-hybridized carbons (Fsp3) is 0.364. The Morgan fingerprint density at radius 3 is 2.22 bits per heavy atom. The van der Waals surface area contributed by atoms with Crippen LogP contribution < -0.4 is 10.2 Å². The number of amides is 1. The second kappa shape index (κ2) is 9.76. The van der Waals surface area contributed by atoms with Crippen molar-refractivity contribution in [1.29, 1.82) is 0 Å². The van der Waals surface area contributed by atoms with Gasteiger partial charge in [0.25, 0.3) is 5.91 Å². The molecule has 0 saturated heterocycles. The number of carbonyl (C=O) groups is 2. The molecule has 0 aliphatic carbocycles. The molecule has 2 aromatic rings. The molecule has 0 spiro atoms. The van der Waals surface area contributed by atoms with Gasteiger partial charge in [0.1, 0.15) is 0 Å². The van der Waals surface area contributed by atoms with Crippen LogP contribution >= 0.6 is 0 Å². The van der Waals surface area contributed by atoms with E-state index in [0.29, 0.717) is 5.69 Å². The van der Waals surface area contributed by atoms with Crippen molar-refractivity contribution in [2.24, 2.45) is 5.92 Å². The van der Waals surface area contributed by atoms with Crippen LogP contribution in [0.2, 0.25) is 0 Å². The van der Waals surface area contributed by atoms with E-state index in [0.717, 1.165) is 17.7 Å². The second-order valence-electron chi connectivity index (χ2n) is 6.87. The largest absolute Gasteiger partial charge is 0.455 e. The van der Waals surface area contributed by atoms with E-state index in [1.165, 1.54) is 0 Å². The monoisotopic (exact) mass is 368 g/mol. The quantitative estimate of drug-likeness (QED) is 0.714. The average Bonchev–Trinajstić information content (AvgIpc) is 2.67. The molecule has 0 aliphatic heterocycles. The van der Waals surface area contributed by atoms with Gasteiger partial charge in [-0.1, -0.05) is 50.6 Å². The number of esters is 1. The van der Waals surface area contributed by atoms with Crippen LogP contribution in [-0.2, 0) is 14.3 Å². The van der Waals surface area contributed by atoms with E-state index in [2.05, 4.69) is 5.32 Å². The summed E-state index contributed by atoms with van der Waals surface area (Å²) in [5.41, 5.74) is 2.62. The van der Waals surface area contributed by atoms with Gasteiger partial charge in [-0.2, -0.15) is 0 Å². The van der Waals surface area contributed by atoms with Crippen molar-refractivity contribution in [3.63, 3.8) is 0 Å². The van der Waals surface area contributed by atoms with Gasteiger partial charge in [-0.05, 0) is 35.7 Å². The summed E-state index contributed by atoms with van der Waals surface area (Å²) < 4.78 is 5.32. The zero-order valence-electron chi connectivity index (χ0n) is 16.4. The van der Waals surface area contributed by atoms with Crippen LogP contribution in [0.25, 0.3) is 0 Å². The third-order valence-corrected chi connectivity index (χ3v) is 4.64. The topological polar surface area (TPSA) is 58.6 Å². The lowest BCUT2D eigenvalue weighted by Crippen LogP contribution is -2.26. The number of ether oxygens (including phenoxy) is 1. The first-order chi connectivity index (χ1) is 12.9. The lowest BCUT2D eigenvalue weighted by molar-refractivity contribution is -0.150. The van der Waals surface area contributed by atoms with Gasteiger partial charge >= 0.3 is 5.97 Å². The molecule has 2 atom stereocenters. The summed E-state index contributed by atoms with van der Waals surface area (Å²) in [5.74, 6) is -0.963. The molecule has 0 radical (unpaired) electrons. The first-order valence-electron chi connectivity index (χ1n) is 9.21. The molecule has 2 aromatic carbocycles. The molecular formula is C22H28N2O3. The first-order valence-corrected chi connectivity index (χ1v) is 9.21. The summed E-state index contributed by atoms with van der Waals surface area (Å²) in [4.78, 5) is 26.7. The molecule has 0 fully saturated rings. The first kappa shape index (κ1) is 20.5. The number of nitrogens with zero attached hydrogens (tertiary/aromatic N) is 1. The van der Waals surface area contributed by atoms with Gasteiger partial charge in [-0.25, -0.2) is 0 Å². The van der Waals surface area contributed by atoms with E-state index in [4.69, 9.17) is 4.74 Å². The Labute approximate surface area is 161 Å². The van der Waals surface area contributed by atoms with Crippen molar-refractivity contribution in [1.82, 2.24) is 0 Å². The molecule has 5 nitrogen and oxygen atoms in total. The summed E-state index contributed by atoms with van der Waals surface area (Å²) in [7, 11) is 3.90. The van der Waals surface area contributed by atoms with Gasteiger partial charge in [0.15, 0.2) is 6.61 Å². The van der Waals surface area contributed by atoms with Crippen molar-refractivity contribution >= 4 is 23.3 Å². The molecule has 1 amide bonds. The number of benzene rings is 2. The minimum atomic E-state index is -0.372. The highest BCUT2D eigenvalue weighted by atomic mass is 16.5. The highest BCUT2D eigenvalue weighted by Crippen LogP contribution is 2.28. The van der Waals surface area contributed by atoms with Gasteiger partial charge in [-0.3, -0.25) is 9.59 Å². The van der Waals surface area contributed by atoms with Crippen LogP contribution in [0.4, 0.5) is 11.4 Å².